The first-order chi connectivity index (χ1) is 9.54. The number of furan rings is 1. The van der Waals surface area contributed by atoms with Gasteiger partial charge in [0, 0.05) is 6.54 Å². The van der Waals surface area contributed by atoms with Crippen molar-refractivity contribution in [3.05, 3.63) is 60.1 Å². The highest BCUT2D eigenvalue weighted by molar-refractivity contribution is 5.82. The van der Waals surface area contributed by atoms with Crippen LogP contribution in [0.15, 0.2) is 53.1 Å². The largest absolute Gasteiger partial charge is 0.467 e. The molecule has 0 fully saturated rings. The van der Waals surface area contributed by atoms with Crippen LogP contribution in [0.4, 0.5) is 0 Å². The monoisotopic (exact) mass is 272 g/mol. The van der Waals surface area contributed by atoms with E-state index in [4.69, 9.17) is 10.2 Å². The number of hydrogen-bond donors (Lipinski definition) is 2. The number of nitrogens with one attached hydrogen (secondary N) is 1. The molecule has 1 heterocycles. The smallest absolute Gasteiger partial charge is 0.227 e. The van der Waals surface area contributed by atoms with Gasteiger partial charge in [-0.2, -0.15) is 0 Å². The molecular weight excluding hydrogens is 252 g/mol. The second-order valence-electron chi connectivity index (χ2n) is 5.42. The standard InChI is InChI=1S/C16H20N2O2/c1-16(2,11-17)15(19)18-14(13-9-6-10-20-13)12-7-4-3-5-8-12/h3-10,14H,11,17H2,1-2H3,(H,18,19). The van der Waals surface area contributed by atoms with Crippen molar-refractivity contribution < 1.29 is 9.21 Å². The first-order valence-corrected chi connectivity index (χ1v) is 6.64. The van der Waals surface area contributed by atoms with Crippen LogP contribution in [0.2, 0.25) is 0 Å². The molecule has 1 atom stereocenters. The fraction of sp³-hybridized carbons (Fsp3) is 0.312. The molecule has 1 unspecified atom stereocenters. The first-order valence-electron chi connectivity index (χ1n) is 6.64. The van der Waals surface area contributed by atoms with Gasteiger partial charge < -0.3 is 15.5 Å². The average Bonchev–Trinajstić information content (AvgIpc) is 2.99. The molecule has 2 rings (SSSR count). The molecule has 2 aromatic rings. The molecule has 1 aromatic carbocycles. The Morgan fingerprint density at radius 3 is 2.50 bits per heavy atom. The molecule has 0 radical (unpaired) electrons. The molecule has 0 aliphatic rings. The fourth-order valence-electron chi connectivity index (χ4n) is 1.84. The Labute approximate surface area is 119 Å². The van der Waals surface area contributed by atoms with E-state index in [1.165, 1.54) is 0 Å². The third-order valence-corrected chi connectivity index (χ3v) is 3.36. The number of benzene rings is 1. The molecule has 0 aliphatic carbocycles. The summed E-state index contributed by atoms with van der Waals surface area (Å²) in [5.41, 5.74) is 6.02. The minimum absolute atomic E-state index is 0.0924. The van der Waals surface area contributed by atoms with Crippen LogP contribution >= 0.6 is 0 Å². The topological polar surface area (TPSA) is 68.3 Å². The molecule has 20 heavy (non-hydrogen) atoms. The normalized spacial score (nSPS) is 12.9. The van der Waals surface area contributed by atoms with Gasteiger partial charge >= 0.3 is 0 Å². The van der Waals surface area contributed by atoms with E-state index in [0.29, 0.717) is 12.3 Å². The molecule has 4 nitrogen and oxygen atoms in total. The van der Waals surface area contributed by atoms with E-state index in [-0.39, 0.29) is 11.9 Å². The third-order valence-electron chi connectivity index (χ3n) is 3.36. The molecule has 3 N–H and O–H groups in total. The number of hydrogen-bond acceptors (Lipinski definition) is 3. The van der Waals surface area contributed by atoms with Gasteiger partial charge in [0.1, 0.15) is 11.8 Å². The predicted octanol–water partition coefficient (Wildman–Crippen LogP) is 2.47. The minimum atomic E-state index is -0.611. The molecule has 0 spiro atoms. The lowest BCUT2D eigenvalue weighted by molar-refractivity contribution is -0.129. The van der Waals surface area contributed by atoms with Crippen LogP contribution in [0.25, 0.3) is 0 Å². The molecule has 1 amide bonds. The van der Waals surface area contributed by atoms with Crippen molar-refractivity contribution in [2.24, 2.45) is 11.1 Å². The van der Waals surface area contributed by atoms with E-state index in [2.05, 4.69) is 5.32 Å². The SMILES string of the molecule is CC(C)(CN)C(=O)NC(c1ccccc1)c1ccco1. The summed E-state index contributed by atoms with van der Waals surface area (Å²) in [6.45, 7) is 3.94. The third kappa shape index (κ3) is 3.08. The molecule has 0 aliphatic heterocycles. The summed E-state index contributed by atoms with van der Waals surface area (Å²) in [5, 5.41) is 3.01. The Balaban J connectivity index is 2.28. The number of rotatable bonds is 5. The quantitative estimate of drug-likeness (QED) is 0.878. The Hall–Kier alpha value is -2.07. The minimum Gasteiger partial charge on any atom is -0.467 e. The van der Waals surface area contributed by atoms with E-state index < -0.39 is 5.41 Å². The highest BCUT2D eigenvalue weighted by Gasteiger charge is 2.29. The number of nitrogens with two attached hydrogens (primary N) is 1. The highest BCUT2D eigenvalue weighted by atomic mass is 16.3. The van der Waals surface area contributed by atoms with Crippen LogP contribution in [0.5, 0.6) is 0 Å². The fourth-order valence-corrected chi connectivity index (χ4v) is 1.84. The lowest BCUT2D eigenvalue weighted by atomic mass is 9.91. The Morgan fingerprint density at radius 2 is 1.95 bits per heavy atom. The maximum absolute atomic E-state index is 12.3. The van der Waals surface area contributed by atoms with Crippen LogP contribution in [0.1, 0.15) is 31.2 Å². The van der Waals surface area contributed by atoms with Gasteiger partial charge in [-0.3, -0.25) is 4.79 Å². The molecule has 1 aromatic heterocycles. The van der Waals surface area contributed by atoms with E-state index in [1.54, 1.807) is 6.26 Å². The molecular formula is C16H20N2O2. The highest BCUT2D eigenvalue weighted by Crippen LogP contribution is 2.24. The van der Waals surface area contributed by atoms with Crippen molar-refractivity contribution in [3.8, 4) is 0 Å². The average molecular weight is 272 g/mol. The Bertz CT molecular complexity index is 547. The van der Waals surface area contributed by atoms with E-state index in [9.17, 15) is 4.79 Å². The van der Waals surface area contributed by atoms with Gasteiger partial charge in [0.05, 0.1) is 11.7 Å². The second kappa shape index (κ2) is 5.92. The van der Waals surface area contributed by atoms with Crippen LogP contribution in [-0.2, 0) is 4.79 Å². The van der Waals surface area contributed by atoms with Gasteiger partial charge in [-0.1, -0.05) is 30.3 Å². The number of amides is 1. The summed E-state index contributed by atoms with van der Waals surface area (Å²) in [5.74, 6) is 0.614. The molecule has 0 bridgehead atoms. The molecule has 0 saturated carbocycles. The van der Waals surface area contributed by atoms with E-state index in [1.807, 2.05) is 56.3 Å². The summed E-state index contributed by atoms with van der Waals surface area (Å²) in [6, 6.07) is 13.1. The van der Waals surface area contributed by atoms with Crippen LogP contribution in [0, 0.1) is 5.41 Å². The van der Waals surface area contributed by atoms with Gasteiger partial charge in [-0.25, -0.2) is 0 Å². The van der Waals surface area contributed by atoms with Crippen molar-refractivity contribution in [3.63, 3.8) is 0 Å². The summed E-state index contributed by atoms with van der Waals surface area (Å²) in [7, 11) is 0. The zero-order valence-electron chi connectivity index (χ0n) is 11.8. The van der Waals surface area contributed by atoms with Crippen LogP contribution in [0.3, 0.4) is 0 Å². The summed E-state index contributed by atoms with van der Waals surface area (Å²) in [4.78, 5) is 12.3. The maximum Gasteiger partial charge on any atom is 0.227 e. The number of carbonyl (C=O) groups excluding carboxylic acids is 1. The van der Waals surface area contributed by atoms with Gasteiger partial charge in [0.25, 0.3) is 0 Å². The lowest BCUT2D eigenvalue weighted by Crippen LogP contribution is -2.43. The summed E-state index contributed by atoms with van der Waals surface area (Å²) < 4.78 is 5.45. The van der Waals surface area contributed by atoms with Crippen molar-refractivity contribution >= 4 is 5.91 Å². The summed E-state index contributed by atoms with van der Waals surface area (Å²) in [6.07, 6.45) is 1.60. The first kappa shape index (κ1) is 14.3. The van der Waals surface area contributed by atoms with Gasteiger partial charge in [0.15, 0.2) is 0 Å². The van der Waals surface area contributed by atoms with Crippen molar-refractivity contribution in [2.75, 3.05) is 6.54 Å². The van der Waals surface area contributed by atoms with Crippen molar-refractivity contribution in [1.82, 2.24) is 5.32 Å². The number of carbonyl (C=O) groups is 1. The van der Waals surface area contributed by atoms with Crippen LogP contribution in [-0.4, -0.2) is 12.5 Å². The second-order valence-corrected chi connectivity index (χ2v) is 5.42. The lowest BCUT2D eigenvalue weighted by Gasteiger charge is -2.25. The molecule has 4 heteroatoms. The Kier molecular flexibility index (Phi) is 4.25. The zero-order valence-corrected chi connectivity index (χ0v) is 11.8. The maximum atomic E-state index is 12.3. The molecule has 0 saturated heterocycles. The van der Waals surface area contributed by atoms with Gasteiger partial charge in [-0.15, -0.1) is 0 Å². The van der Waals surface area contributed by atoms with Crippen molar-refractivity contribution in [2.45, 2.75) is 19.9 Å². The zero-order chi connectivity index (χ0) is 14.6. The van der Waals surface area contributed by atoms with E-state index >= 15 is 0 Å². The van der Waals surface area contributed by atoms with E-state index in [0.717, 1.165) is 5.56 Å². The Morgan fingerprint density at radius 1 is 1.25 bits per heavy atom. The predicted molar refractivity (Wildman–Crippen MR) is 78.0 cm³/mol. The molecule has 106 valence electrons. The van der Waals surface area contributed by atoms with Gasteiger partial charge in [-0.05, 0) is 31.5 Å². The van der Waals surface area contributed by atoms with Gasteiger partial charge in [0.2, 0.25) is 5.91 Å². The van der Waals surface area contributed by atoms with Crippen molar-refractivity contribution in [1.29, 1.82) is 0 Å². The summed E-state index contributed by atoms with van der Waals surface area (Å²) >= 11 is 0. The van der Waals surface area contributed by atoms with Crippen LogP contribution < -0.4 is 11.1 Å².